The number of ether oxygens (including phenoxy) is 1. The van der Waals surface area contributed by atoms with E-state index >= 15 is 0 Å². The number of hydrogen-bond acceptors (Lipinski definition) is 3. The van der Waals surface area contributed by atoms with E-state index in [0.717, 1.165) is 5.56 Å². The van der Waals surface area contributed by atoms with Crippen LogP contribution in [0.5, 0.6) is 0 Å². The molecular formula is C18H19N3O3. The molecule has 3 N–H and O–H groups in total. The number of amides is 3. The number of urea groups is 1. The number of nitrogens with zero attached hydrogens (tertiary/aromatic N) is 1. The van der Waals surface area contributed by atoms with E-state index in [1.54, 1.807) is 29.2 Å². The third-order valence-electron chi connectivity index (χ3n) is 3.92. The van der Waals surface area contributed by atoms with Crippen molar-refractivity contribution in [1.29, 1.82) is 0 Å². The SMILES string of the molecule is NC(=O)Nc1ccc(C(=O)N2CCO[C@@H](c3ccccc3)C2)cc1. The van der Waals surface area contributed by atoms with Gasteiger partial charge in [0.05, 0.1) is 13.2 Å². The minimum absolute atomic E-state index is 0.0511. The van der Waals surface area contributed by atoms with E-state index in [1.807, 2.05) is 30.3 Å². The first-order valence-corrected chi connectivity index (χ1v) is 7.76. The van der Waals surface area contributed by atoms with E-state index < -0.39 is 6.03 Å². The normalized spacial score (nSPS) is 17.3. The van der Waals surface area contributed by atoms with E-state index in [4.69, 9.17) is 10.5 Å². The van der Waals surface area contributed by atoms with Crippen LogP contribution in [-0.2, 0) is 4.74 Å². The maximum absolute atomic E-state index is 12.7. The van der Waals surface area contributed by atoms with E-state index in [9.17, 15) is 9.59 Å². The molecule has 0 aromatic heterocycles. The van der Waals surface area contributed by atoms with E-state index in [2.05, 4.69) is 5.32 Å². The number of primary amides is 1. The van der Waals surface area contributed by atoms with Gasteiger partial charge in [0, 0.05) is 17.8 Å². The molecular weight excluding hydrogens is 306 g/mol. The van der Waals surface area contributed by atoms with Gasteiger partial charge in [0.2, 0.25) is 0 Å². The number of carbonyl (C=O) groups excluding carboxylic acids is 2. The number of hydrogen-bond donors (Lipinski definition) is 2. The molecule has 24 heavy (non-hydrogen) atoms. The second-order valence-electron chi connectivity index (χ2n) is 5.59. The summed E-state index contributed by atoms with van der Waals surface area (Å²) in [6, 6.07) is 15.9. The summed E-state index contributed by atoms with van der Waals surface area (Å²) in [7, 11) is 0. The van der Waals surface area contributed by atoms with Crippen molar-refractivity contribution in [3.63, 3.8) is 0 Å². The maximum Gasteiger partial charge on any atom is 0.316 e. The van der Waals surface area contributed by atoms with Crippen molar-refractivity contribution in [3.8, 4) is 0 Å². The zero-order valence-corrected chi connectivity index (χ0v) is 13.1. The van der Waals surface area contributed by atoms with Crippen LogP contribution in [0.1, 0.15) is 22.0 Å². The van der Waals surface area contributed by atoms with Gasteiger partial charge in [-0.1, -0.05) is 30.3 Å². The highest BCUT2D eigenvalue weighted by atomic mass is 16.5. The van der Waals surface area contributed by atoms with Crippen molar-refractivity contribution >= 4 is 17.6 Å². The molecule has 0 radical (unpaired) electrons. The second-order valence-corrected chi connectivity index (χ2v) is 5.59. The van der Waals surface area contributed by atoms with Gasteiger partial charge >= 0.3 is 6.03 Å². The van der Waals surface area contributed by atoms with Crippen molar-refractivity contribution in [2.45, 2.75) is 6.10 Å². The summed E-state index contributed by atoms with van der Waals surface area (Å²) in [5.74, 6) is -0.0511. The van der Waals surface area contributed by atoms with Gasteiger partial charge in [-0.15, -0.1) is 0 Å². The van der Waals surface area contributed by atoms with Gasteiger partial charge < -0.3 is 20.7 Å². The number of carbonyl (C=O) groups is 2. The molecule has 2 aromatic rings. The number of benzene rings is 2. The van der Waals surface area contributed by atoms with Crippen LogP contribution in [-0.4, -0.2) is 36.5 Å². The van der Waals surface area contributed by atoms with Gasteiger partial charge in [-0.05, 0) is 29.8 Å². The lowest BCUT2D eigenvalue weighted by atomic mass is 10.1. The molecule has 0 aliphatic carbocycles. The Morgan fingerprint density at radius 2 is 1.79 bits per heavy atom. The standard InChI is InChI=1S/C18H19N3O3/c19-18(23)20-15-8-6-14(7-9-15)17(22)21-10-11-24-16(12-21)13-4-2-1-3-5-13/h1-9,16H,10-12H2,(H3,19,20,23)/t16-/m1/s1. The first-order valence-electron chi connectivity index (χ1n) is 7.76. The van der Waals surface area contributed by atoms with Crippen LogP contribution in [0, 0.1) is 0 Å². The molecule has 0 unspecified atom stereocenters. The Morgan fingerprint density at radius 3 is 2.46 bits per heavy atom. The minimum atomic E-state index is -0.632. The summed E-state index contributed by atoms with van der Waals surface area (Å²) in [5, 5.41) is 2.47. The quantitative estimate of drug-likeness (QED) is 0.908. The van der Waals surface area contributed by atoms with E-state index in [0.29, 0.717) is 30.9 Å². The van der Waals surface area contributed by atoms with E-state index in [1.165, 1.54) is 0 Å². The fourth-order valence-corrected chi connectivity index (χ4v) is 2.72. The Balaban J connectivity index is 1.69. The van der Waals surface area contributed by atoms with Crippen LogP contribution in [0.25, 0.3) is 0 Å². The highest BCUT2D eigenvalue weighted by molar-refractivity contribution is 5.95. The summed E-state index contributed by atoms with van der Waals surface area (Å²) >= 11 is 0. The predicted molar refractivity (Wildman–Crippen MR) is 90.7 cm³/mol. The van der Waals surface area contributed by atoms with Crippen LogP contribution >= 0.6 is 0 Å². The van der Waals surface area contributed by atoms with Crippen LogP contribution in [0.4, 0.5) is 10.5 Å². The fourth-order valence-electron chi connectivity index (χ4n) is 2.72. The molecule has 3 amide bonds. The Bertz CT molecular complexity index is 716. The Morgan fingerprint density at radius 1 is 1.08 bits per heavy atom. The smallest absolute Gasteiger partial charge is 0.316 e. The molecule has 6 heteroatoms. The zero-order chi connectivity index (χ0) is 16.9. The molecule has 1 heterocycles. The van der Waals surface area contributed by atoms with Crippen molar-refractivity contribution in [2.75, 3.05) is 25.0 Å². The lowest BCUT2D eigenvalue weighted by Gasteiger charge is -2.33. The van der Waals surface area contributed by atoms with Crippen molar-refractivity contribution in [1.82, 2.24) is 4.90 Å². The topological polar surface area (TPSA) is 84.7 Å². The number of morpholine rings is 1. The average Bonchev–Trinajstić information content (AvgIpc) is 2.62. The molecule has 1 aliphatic rings. The molecule has 0 saturated carbocycles. The highest BCUT2D eigenvalue weighted by Crippen LogP contribution is 2.23. The summed E-state index contributed by atoms with van der Waals surface area (Å²) in [6.45, 7) is 1.58. The molecule has 1 fully saturated rings. The van der Waals surface area contributed by atoms with Gasteiger partial charge in [-0.3, -0.25) is 4.79 Å². The van der Waals surface area contributed by atoms with Crippen LogP contribution < -0.4 is 11.1 Å². The van der Waals surface area contributed by atoms with Crippen LogP contribution in [0.15, 0.2) is 54.6 Å². The molecule has 1 saturated heterocycles. The fraction of sp³-hybridized carbons (Fsp3) is 0.222. The van der Waals surface area contributed by atoms with E-state index in [-0.39, 0.29) is 12.0 Å². The summed E-state index contributed by atoms with van der Waals surface area (Å²) in [4.78, 5) is 25.3. The number of nitrogens with two attached hydrogens (primary N) is 1. The van der Waals surface area contributed by atoms with Crippen molar-refractivity contribution < 1.29 is 14.3 Å². The lowest BCUT2D eigenvalue weighted by Crippen LogP contribution is -2.42. The monoisotopic (exact) mass is 325 g/mol. The van der Waals surface area contributed by atoms with Gasteiger partial charge in [0.15, 0.2) is 0 Å². The third kappa shape index (κ3) is 3.72. The van der Waals surface area contributed by atoms with Gasteiger partial charge in [-0.25, -0.2) is 4.79 Å². The van der Waals surface area contributed by atoms with Crippen LogP contribution in [0.3, 0.4) is 0 Å². The molecule has 1 atom stereocenters. The first kappa shape index (κ1) is 16.0. The molecule has 0 bridgehead atoms. The number of nitrogens with one attached hydrogen (secondary N) is 1. The van der Waals surface area contributed by atoms with Gasteiger partial charge in [0.1, 0.15) is 6.10 Å². The number of anilines is 1. The Kier molecular flexibility index (Phi) is 4.77. The van der Waals surface area contributed by atoms with Crippen LogP contribution in [0.2, 0.25) is 0 Å². The molecule has 1 aliphatic heterocycles. The first-order chi connectivity index (χ1) is 11.6. The molecule has 0 spiro atoms. The zero-order valence-electron chi connectivity index (χ0n) is 13.1. The molecule has 3 rings (SSSR count). The largest absolute Gasteiger partial charge is 0.370 e. The third-order valence-corrected chi connectivity index (χ3v) is 3.92. The van der Waals surface area contributed by atoms with Crippen molar-refractivity contribution in [2.24, 2.45) is 5.73 Å². The van der Waals surface area contributed by atoms with Gasteiger partial charge in [-0.2, -0.15) is 0 Å². The minimum Gasteiger partial charge on any atom is -0.370 e. The molecule has 124 valence electrons. The predicted octanol–water partition coefficient (Wildman–Crippen LogP) is 2.39. The maximum atomic E-state index is 12.7. The summed E-state index contributed by atoms with van der Waals surface area (Å²) < 4.78 is 5.79. The summed E-state index contributed by atoms with van der Waals surface area (Å²) in [6.07, 6.45) is -0.111. The lowest BCUT2D eigenvalue weighted by molar-refractivity contribution is -0.0228. The summed E-state index contributed by atoms with van der Waals surface area (Å²) in [5.41, 5.74) is 7.26. The Hall–Kier alpha value is -2.86. The highest BCUT2D eigenvalue weighted by Gasteiger charge is 2.25. The van der Waals surface area contributed by atoms with Gasteiger partial charge in [0.25, 0.3) is 5.91 Å². The Labute approximate surface area is 140 Å². The molecule has 6 nitrogen and oxygen atoms in total. The average molecular weight is 325 g/mol. The molecule has 2 aromatic carbocycles. The second kappa shape index (κ2) is 7.14. The van der Waals surface area contributed by atoms with Crippen molar-refractivity contribution in [3.05, 3.63) is 65.7 Å². The number of rotatable bonds is 3.